The van der Waals surface area contributed by atoms with Crippen LogP contribution >= 0.6 is 12.4 Å². The average Bonchev–Trinajstić information content (AvgIpc) is 2.37. The second-order valence-electron chi connectivity index (χ2n) is 4.73. The van der Waals surface area contributed by atoms with E-state index in [1.165, 1.54) is 0 Å². The Hall–Kier alpha value is -1.59. The molecule has 0 bridgehead atoms. The van der Waals surface area contributed by atoms with E-state index in [9.17, 15) is 9.59 Å². The predicted molar refractivity (Wildman–Crippen MR) is 84.1 cm³/mol. The maximum absolute atomic E-state index is 11.7. The Kier molecular flexibility index (Phi) is 7.87. The molecule has 5 nitrogen and oxygen atoms in total. The van der Waals surface area contributed by atoms with Gasteiger partial charge in [0.15, 0.2) is 0 Å². The van der Waals surface area contributed by atoms with E-state index in [0.29, 0.717) is 17.8 Å². The van der Waals surface area contributed by atoms with Crippen LogP contribution in [0.5, 0.6) is 0 Å². The van der Waals surface area contributed by atoms with Gasteiger partial charge in [0.25, 0.3) is 0 Å². The molecule has 0 fully saturated rings. The number of rotatable bonds is 5. The van der Waals surface area contributed by atoms with Crippen LogP contribution in [0, 0.1) is 5.92 Å². The zero-order chi connectivity index (χ0) is 14.4. The Balaban J connectivity index is 0.00000361. The Morgan fingerprint density at radius 3 is 2.10 bits per heavy atom. The number of hydrogen-bond donors (Lipinski definition) is 3. The van der Waals surface area contributed by atoms with Crippen LogP contribution in [-0.2, 0) is 9.59 Å². The Morgan fingerprint density at radius 2 is 1.65 bits per heavy atom. The van der Waals surface area contributed by atoms with Gasteiger partial charge in [0, 0.05) is 17.3 Å². The van der Waals surface area contributed by atoms with Gasteiger partial charge < -0.3 is 16.4 Å². The number of benzene rings is 1. The SMILES string of the molecule is CC[C@H](N)C(=O)Nc1cccc(NC(=O)C(C)C)c1.Cl. The summed E-state index contributed by atoms with van der Waals surface area (Å²) in [6, 6.07) is 6.49. The van der Waals surface area contributed by atoms with Gasteiger partial charge in [-0.3, -0.25) is 9.59 Å². The topological polar surface area (TPSA) is 84.2 Å². The summed E-state index contributed by atoms with van der Waals surface area (Å²) >= 11 is 0. The lowest BCUT2D eigenvalue weighted by Gasteiger charge is -2.12. The number of carbonyl (C=O) groups excluding carboxylic acids is 2. The maximum atomic E-state index is 11.7. The minimum Gasteiger partial charge on any atom is -0.326 e. The number of nitrogens with two attached hydrogens (primary N) is 1. The van der Waals surface area contributed by atoms with E-state index in [4.69, 9.17) is 5.73 Å². The Morgan fingerprint density at radius 1 is 1.15 bits per heavy atom. The van der Waals surface area contributed by atoms with Crippen LogP contribution in [-0.4, -0.2) is 17.9 Å². The Labute approximate surface area is 125 Å². The van der Waals surface area contributed by atoms with E-state index in [1.807, 2.05) is 20.8 Å². The third-order valence-electron chi connectivity index (χ3n) is 2.70. The van der Waals surface area contributed by atoms with Crippen LogP contribution in [0.3, 0.4) is 0 Å². The lowest BCUT2D eigenvalue weighted by atomic mass is 10.2. The molecule has 0 unspecified atom stereocenters. The largest absolute Gasteiger partial charge is 0.326 e. The van der Waals surface area contributed by atoms with E-state index >= 15 is 0 Å². The fraction of sp³-hybridized carbons (Fsp3) is 0.429. The molecule has 0 aliphatic heterocycles. The van der Waals surface area contributed by atoms with E-state index in [2.05, 4.69) is 10.6 Å². The fourth-order valence-corrected chi connectivity index (χ4v) is 1.38. The molecule has 0 aromatic heterocycles. The van der Waals surface area contributed by atoms with Gasteiger partial charge in [0.05, 0.1) is 6.04 Å². The van der Waals surface area contributed by atoms with Crippen molar-refractivity contribution >= 4 is 35.6 Å². The number of halogens is 1. The molecule has 0 saturated heterocycles. The predicted octanol–water partition coefficient (Wildman–Crippen LogP) is 2.38. The van der Waals surface area contributed by atoms with Gasteiger partial charge in [-0.15, -0.1) is 12.4 Å². The summed E-state index contributed by atoms with van der Waals surface area (Å²) in [6.45, 7) is 5.49. The average molecular weight is 300 g/mol. The number of anilines is 2. The molecule has 1 atom stereocenters. The van der Waals surface area contributed by atoms with Crippen LogP contribution in [0.1, 0.15) is 27.2 Å². The molecule has 0 aliphatic carbocycles. The van der Waals surface area contributed by atoms with Crippen molar-refractivity contribution in [2.24, 2.45) is 11.7 Å². The van der Waals surface area contributed by atoms with Crippen LogP contribution in [0.15, 0.2) is 24.3 Å². The normalized spacial score (nSPS) is 11.4. The van der Waals surface area contributed by atoms with Crippen molar-refractivity contribution in [2.45, 2.75) is 33.2 Å². The molecule has 6 heteroatoms. The highest BCUT2D eigenvalue weighted by Crippen LogP contribution is 2.16. The molecular formula is C14H22ClN3O2. The molecule has 0 heterocycles. The van der Waals surface area contributed by atoms with E-state index in [-0.39, 0.29) is 30.1 Å². The molecule has 1 rings (SSSR count). The third-order valence-corrected chi connectivity index (χ3v) is 2.70. The first-order valence-corrected chi connectivity index (χ1v) is 6.41. The molecule has 20 heavy (non-hydrogen) atoms. The second-order valence-corrected chi connectivity index (χ2v) is 4.73. The minimum atomic E-state index is -0.520. The van der Waals surface area contributed by atoms with Crippen molar-refractivity contribution in [1.82, 2.24) is 0 Å². The fourth-order valence-electron chi connectivity index (χ4n) is 1.38. The highest BCUT2D eigenvalue weighted by molar-refractivity contribution is 5.96. The number of carbonyl (C=O) groups is 2. The van der Waals surface area contributed by atoms with Crippen molar-refractivity contribution in [3.05, 3.63) is 24.3 Å². The van der Waals surface area contributed by atoms with Crippen molar-refractivity contribution in [2.75, 3.05) is 10.6 Å². The van der Waals surface area contributed by atoms with Gasteiger partial charge in [0.1, 0.15) is 0 Å². The van der Waals surface area contributed by atoms with Gasteiger partial charge >= 0.3 is 0 Å². The van der Waals surface area contributed by atoms with Crippen LogP contribution < -0.4 is 16.4 Å². The minimum absolute atomic E-state index is 0. The van der Waals surface area contributed by atoms with Gasteiger partial charge in [0.2, 0.25) is 11.8 Å². The number of hydrogen-bond acceptors (Lipinski definition) is 3. The monoisotopic (exact) mass is 299 g/mol. The summed E-state index contributed by atoms with van der Waals surface area (Å²) in [5.74, 6) is -0.379. The number of amides is 2. The van der Waals surface area contributed by atoms with Crippen molar-refractivity contribution < 1.29 is 9.59 Å². The summed E-state index contributed by atoms with van der Waals surface area (Å²) < 4.78 is 0. The van der Waals surface area contributed by atoms with Gasteiger partial charge in [-0.05, 0) is 24.6 Å². The zero-order valence-electron chi connectivity index (χ0n) is 12.0. The summed E-state index contributed by atoms with van der Waals surface area (Å²) in [5.41, 5.74) is 6.92. The molecule has 0 aliphatic rings. The molecule has 0 radical (unpaired) electrons. The molecule has 0 spiro atoms. The first-order valence-electron chi connectivity index (χ1n) is 6.41. The molecule has 1 aromatic carbocycles. The van der Waals surface area contributed by atoms with Crippen LogP contribution in [0.25, 0.3) is 0 Å². The first-order chi connectivity index (χ1) is 8.93. The van der Waals surface area contributed by atoms with Crippen molar-refractivity contribution in [1.29, 1.82) is 0 Å². The van der Waals surface area contributed by atoms with Crippen LogP contribution in [0.2, 0.25) is 0 Å². The summed E-state index contributed by atoms with van der Waals surface area (Å²) in [7, 11) is 0. The second kappa shape index (κ2) is 8.55. The van der Waals surface area contributed by atoms with E-state index in [1.54, 1.807) is 24.3 Å². The lowest BCUT2D eigenvalue weighted by Crippen LogP contribution is -2.34. The maximum Gasteiger partial charge on any atom is 0.241 e. The highest BCUT2D eigenvalue weighted by atomic mass is 35.5. The van der Waals surface area contributed by atoms with Gasteiger partial charge in [-0.25, -0.2) is 0 Å². The van der Waals surface area contributed by atoms with Gasteiger partial charge in [-0.1, -0.05) is 26.8 Å². The third kappa shape index (κ3) is 5.59. The number of nitrogens with one attached hydrogen (secondary N) is 2. The smallest absolute Gasteiger partial charge is 0.241 e. The first kappa shape index (κ1) is 18.4. The summed E-state index contributed by atoms with van der Waals surface area (Å²) in [6.07, 6.45) is 0.579. The molecule has 4 N–H and O–H groups in total. The Bertz CT molecular complexity index is 463. The molecule has 112 valence electrons. The van der Waals surface area contributed by atoms with Crippen LogP contribution in [0.4, 0.5) is 11.4 Å². The van der Waals surface area contributed by atoms with E-state index in [0.717, 1.165) is 0 Å². The van der Waals surface area contributed by atoms with Crippen molar-refractivity contribution in [3.63, 3.8) is 0 Å². The standard InChI is InChI=1S/C14H21N3O2.ClH/c1-4-12(15)14(19)17-11-7-5-6-10(8-11)16-13(18)9(2)3;/h5-9,12H,4,15H2,1-3H3,(H,16,18)(H,17,19);1H/t12-;/m0./s1. The molecule has 2 amide bonds. The summed E-state index contributed by atoms with van der Waals surface area (Å²) in [5, 5.41) is 5.50. The quantitative estimate of drug-likeness (QED) is 0.780. The van der Waals surface area contributed by atoms with E-state index < -0.39 is 6.04 Å². The van der Waals surface area contributed by atoms with Gasteiger partial charge in [-0.2, -0.15) is 0 Å². The highest BCUT2D eigenvalue weighted by Gasteiger charge is 2.11. The van der Waals surface area contributed by atoms with Crippen molar-refractivity contribution in [3.8, 4) is 0 Å². The zero-order valence-corrected chi connectivity index (χ0v) is 12.8. The lowest BCUT2D eigenvalue weighted by molar-refractivity contribution is -0.119. The molecular weight excluding hydrogens is 278 g/mol. The summed E-state index contributed by atoms with van der Waals surface area (Å²) in [4.78, 5) is 23.2. The molecule has 0 saturated carbocycles. The molecule has 1 aromatic rings.